The largest absolute Gasteiger partial charge is 0.375 e. The molecule has 0 spiro atoms. The summed E-state index contributed by atoms with van der Waals surface area (Å²) in [7, 11) is 0. The smallest absolute Gasteiger partial charge is 0.250 e. The number of rotatable bonds is 5. The zero-order chi connectivity index (χ0) is 22.1. The van der Waals surface area contributed by atoms with E-state index in [0.717, 1.165) is 46.7 Å². The van der Waals surface area contributed by atoms with Crippen LogP contribution in [0.5, 0.6) is 0 Å². The van der Waals surface area contributed by atoms with E-state index in [9.17, 15) is 4.79 Å². The molecule has 0 atom stereocenters. The van der Waals surface area contributed by atoms with Crippen LogP contribution in [0, 0.1) is 6.92 Å². The number of nitrogens with one attached hydrogen (secondary N) is 1. The minimum Gasteiger partial charge on any atom is -0.375 e. The molecule has 0 saturated carbocycles. The Morgan fingerprint density at radius 1 is 1.19 bits per heavy atom. The second-order valence-corrected chi connectivity index (χ2v) is 8.03. The van der Waals surface area contributed by atoms with E-state index in [-0.39, 0.29) is 0 Å². The maximum atomic E-state index is 11.9. The highest BCUT2D eigenvalue weighted by atomic mass is 16.5. The molecule has 3 N–H and O–H groups in total. The molecule has 0 aliphatic carbocycles. The molecule has 1 aliphatic heterocycles. The standard InChI is InChI=1S/C25H25N5O2/c1-16-13-21-19(23(26)31)9-5-11-30(21)22(16)25-28-20-15-32-12-6-10-18(20)24(29-25)27-14-17-7-3-2-4-8-17/h2-5,7-9,11,13H,6,10,12,14-15H2,1H3,(H2,26,31)(H,27,28,29). The van der Waals surface area contributed by atoms with E-state index in [1.54, 1.807) is 6.07 Å². The fourth-order valence-electron chi connectivity index (χ4n) is 4.29. The van der Waals surface area contributed by atoms with Crippen LogP contribution in [0.2, 0.25) is 0 Å². The summed E-state index contributed by atoms with van der Waals surface area (Å²) in [6, 6.07) is 15.8. The van der Waals surface area contributed by atoms with E-state index in [4.69, 9.17) is 20.4 Å². The number of nitrogens with zero attached hydrogens (tertiary/aromatic N) is 3. The summed E-state index contributed by atoms with van der Waals surface area (Å²) in [4.78, 5) is 21.8. The third-order valence-corrected chi connectivity index (χ3v) is 5.83. The first-order chi connectivity index (χ1) is 15.6. The molecule has 7 nitrogen and oxygen atoms in total. The Morgan fingerprint density at radius 2 is 2.03 bits per heavy atom. The van der Waals surface area contributed by atoms with Crippen LogP contribution in [-0.2, 0) is 24.3 Å². The lowest BCUT2D eigenvalue weighted by Gasteiger charge is -2.15. The molecule has 4 heterocycles. The number of pyridine rings is 1. The first kappa shape index (κ1) is 20.2. The SMILES string of the molecule is Cc1cc2c(C(N)=O)cccn2c1-c1nc2c(c(NCc3ccccc3)n1)CCCOC2. The number of amides is 1. The molecular weight excluding hydrogens is 402 g/mol. The molecule has 1 aromatic carbocycles. The Morgan fingerprint density at radius 3 is 2.84 bits per heavy atom. The van der Waals surface area contributed by atoms with Crippen molar-refractivity contribution in [2.24, 2.45) is 5.73 Å². The summed E-state index contributed by atoms with van der Waals surface area (Å²) in [5.74, 6) is 0.977. The molecule has 4 aromatic rings. The van der Waals surface area contributed by atoms with E-state index < -0.39 is 5.91 Å². The van der Waals surface area contributed by atoms with Gasteiger partial charge in [0, 0.05) is 24.9 Å². The predicted molar refractivity (Wildman–Crippen MR) is 123 cm³/mol. The molecule has 1 aliphatic rings. The molecule has 0 radical (unpaired) electrons. The highest BCUT2D eigenvalue weighted by Crippen LogP contribution is 2.31. The average Bonchev–Trinajstić information content (AvgIpc) is 2.96. The number of anilines is 1. The fourth-order valence-corrected chi connectivity index (χ4v) is 4.29. The van der Waals surface area contributed by atoms with Gasteiger partial charge >= 0.3 is 0 Å². The molecule has 0 saturated heterocycles. The van der Waals surface area contributed by atoms with E-state index in [1.807, 2.05) is 47.9 Å². The van der Waals surface area contributed by atoms with Gasteiger partial charge < -0.3 is 20.2 Å². The Labute approximate surface area is 186 Å². The third-order valence-electron chi connectivity index (χ3n) is 5.83. The lowest BCUT2D eigenvalue weighted by molar-refractivity contribution is 0.100. The van der Waals surface area contributed by atoms with E-state index in [1.165, 1.54) is 5.56 Å². The number of nitrogens with two attached hydrogens (primary N) is 1. The van der Waals surface area contributed by atoms with E-state index in [0.29, 0.717) is 31.1 Å². The first-order valence-corrected chi connectivity index (χ1v) is 10.8. The number of primary amides is 1. The summed E-state index contributed by atoms with van der Waals surface area (Å²) in [6.07, 6.45) is 3.71. The highest BCUT2D eigenvalue weighted by Gasteiger charge is 2.21. The zero-order valence-electron chi connectivity index (χ0n) is 18.0. The molecule has 0 unspecified atom stereocenters. The summed E-state index contributed by atoms with van der Waals surface area (Å²) in [6.45, 7) is 3.83. The van der Waals surface area contributed by atoms with Crippen molar-refractivity contribution < 1.29 is 9.53 Å². The van der Waals surface area contributed by atoms with Gasteiger partial charge in [0.15, 0.2) is 5.82 Å². The molecule has 7 heteroatoms. The molecule has 0 fully saturated rings. The third kappa shape index (κ3) is 3.71. The number of carbonyl (C=O) groups excluding carboxylic acids is 1. The molecule has 32 heavy (non-hydrogen) atoms. The fraction of sp³-hybridized carbons (Fsp3) is 0.240. The van der Waals surface area contributed by atoms with Gasteiger partial charge in [0.05, 0.1) is 29.1 Å². The molecule has 0 bridgehead atoms. The number of aryl methyl sites for hydroxylation is 1. The van der Waals surface area contributed by atoms with Gasteiger partial charge in [-0.3, -0.25) is 4.79 Å². The minimum atomic E-state index is -0.457. The monoisotopic (exact) mass is 427 g/mol. The number of ether oxygens (including phenoxy) is 1. The molecule has 1 amide bonds. The van der Waals surface area contributed by atoms with Crippen LogP contribution in [-0.4, -0.2) is 26.9 Å². The number of hydrogen-bond donors (Lipinski definition) is 2. The average molecular weight is 428 g/mol. The summed E-state index contributed by atoms with van der Waals surface area (Å²) in [5.41, 5.74) is 11.8. The van der Waals surface area contributed by atoms with Crippen LogP contribution >= 0.6 is 0 Å². The Hall–Kier alpha value is -3.71. The van der Waals surface area contributed by atoms with Crippen LogP contribution in [0.15, 0.2) is 54.7 Å². The van der Waals surface area contributed by atoms with Gasteiger partial charge in [0.2, 0.25) is 0 Å². The predicted octanol–water partition coefficient (Wildman–Crippen LogP) is 3.88. The van der Waals surface area contributed by atoms with Crippen molar-refractivity contribution in [1.82, 2.24) is 14.4 Å². The maximum Gasteiger partial charge on any atom is 0.250 e. The van der Waals surface area contributed by atoms with Gasteiger partial charge in [0.25, 0.3) is 5.91 Å². The molecular formula is C25H25N5O2. The van der Waals surface area contributed by atoms with Gasteiger partial charge in [0.1, 0.15) is 5.82 Å². The maximum absolute atomic E-state index is 11.9. The normalized spacial score (nSPS) is 13.5. The van der Waals surface area contributed by atoms with Crippen molar-refractivity contribution in [1.29, 1.82) is 0 Å². The number of benzene rings is 1. The van der Waals surface area contributed by atoms with Crippen molar-refractivity contribution in [3.8, 4) is 11.5 Å². The number of carbonyl (C=O) groups is 1. The Balaban J connectivity index is 1.63. The second kappa shape index (κ2) is 8.43. The van der Waals surface area contributed by atoms with Gasteiger partial charge in [-0.25, -0.2) is 9.97 Å². The van der Waals surface area contributed by atoms with Crippen LogP contribution < -0.4 is 11.1 Å². The van der Waals surface area contributed by atoms with Gasteiger partial charge in [-0.15, -0.1) is 0 Å². The second-order valence-electron chi connectivity index (χ2n) is 8.03. The summed E-state index contributed by atoms with van der Waals surface area (Å²) < 4.78 is 7.73. The number of fused-ring (bicyclic) bond motifs is 2. The van der Waals surface area contributed by atoms with Crippen LogP contribution in [0.25, 0.3) is 17.0 Å². The number of aromatic nitrogens is 3. The van der Waals surface area contributed by atoms with Crippen molar-refractivity contribution in [3.63, 3.8) is 0 Å². The van der Waals surface area contributed by atoms with Crippen LogP contribution in [0.1, 0.15) is 39.2 Å². The highest BCUT2D eigenvalue weighted by molar-refractivity contribution is 6.00. The minimum absolute atomic E-state index is 0.457. The van der Waals surface area contributed by atoms with Crippen molar-refractivity contribution >= 4 is 17.2 Å². The van der Waals surface area contributed by atoms with Gasteiger partial charge in [-0.2, -0.15) is 0 Å². The van der Waals surface area contributed by atoms with Gasteiger partial charge in [-0.1, -0.05) is 30.3 Å². The number of hydrogen-bond acceptors (Lipinski definition) is 5. The molecule has 162 valence electrons. The molecule has 5 rings (SSSR count). The first-order valence-electron chi connectivity index (χ1n) is 10.8. The van der Waals surface area contributed by atoms with Gasteiger partial charge in [-0.05, 0) is 49.1 Å². The lowest BCUT2D eigenvalue weighted by atomic mass is 10.1. The van der Waals surface area contributed by atoms with Crippen molar-refractivity contribution in [2.45, 2.75) is 32.9 Å². The van der Waals surface area contributed by atoms with E-state index in [2.05, 4.69) is 17.4 Å². The van der Waals surface area contributed by atoms with E-state index >= 15 is 0 Å². The lowest BCUT2D eigenvalue weighted by Crippen LogP contribution is -2.12. The topological polar surface area (TPSA) is 94.5 Å². The van der Waals surface area contributed by atoms with Crippen molar-refractivity contribution in [3.05, 3.63) is 82.7 Å². The van der Waals surface area contributed by atoms with Crippen molar-refractivity contribution in [2.75, 3.05) is 11.9 Å². The Bertz CT molecular complexity index is 1300. The quantitative estimate of drug-likeness (QED) is 0.504. The molecule has 3 aromatic heterocycles. The summed E-state index contributed by atoms with van der Waals surface area (Å²) in [5, 5.41) is 3.53. The summed E-state index contributed by atoms with van der Waals surface area (Å²) >= 11 is 0. The van der Waals surface area contributed by atoms with Crippen LogP contribution in [0.4, 0.5) is 5.82 Å². The zero-order valence-corrected chi connectivity index (χ0v) is 18.0. The van der Waals surface area contributed by atoms with Crippen LogP contribution in [0.3, 0.4) is 0 Å². The Kier molecular flexibility index (Phi) is 5.33.